The van der Waals surface area contributed by atoms with Crippen LogP contribution in [0.1, 0.15) is 37.7 Å². The predicted octanol–water partition coefficient (Wildman–Crippen LogP) is 3.68. The Labute approximate surface area is 183 Å². The molecule has 1 aromatic carbocycles. The van der Waals surface area contributed by atoms with Crippen LogP contribution in [0.25, 0.3) is 0 Å². The van der Waals surface area contributed by atoms with Gasteiger partial charge in [0.1, 0.15) is 11.6 Å². The predicted molar refractivity (Wildman–Crippen MR) is 119 cm³/mol. The van der Waals surface area contributed by atoms with Crippen molar-refractivity contribution in [3.63, 3.8) is 0 Å². The van der Waals surface area contributed by atoms with Crippen molar-refractivity contribution in [2.24, 2.45) is 10.9 Å². The van der Waals surface area contributed by atoms with E-state index in [2.05, 4.69) is 15.6 Å². The van der Waals surface area contributed by atoms with Crippen LogP contribution in [0.5, 0.6) is 0 Å². The Morgan fingerprint density at radius 2 is 2.04 bits per heavy atom. The summed E-state index contributed by atoms with van der Waals surface area (Å²) in [7, 11) is 1.69. The molecule has 5 nitrogen and oxygen atoms in total. The second-order valence-corrected chi connectivity index (χ2v) is 6.93. The highest BCUT2D eigenvalue weighted by Gasteiger charge is 2.14. The average molecular weight is 511 g/mol. The average Bonchev–Trinajstić information content (AvgIpc) is 2.67. The number of guanidine groups is 1. The summed E-state index contributed by atoms with van der Waals surface area (Å²) in [6.07, 6.45) is 3.05. The minimum atomic E-state index is -0.562. The Hall–Kier alpha value is -1.00. The molecule has 1 aliphatic rings. The highest BCUT2D eigenvalue weighted by molar-refractivity contribution is 14.0. The van der Waals surface area contributed by atoms with E-state index in [1.54, 1.807) is 7.05 Å². The maximum absolute atomic E-state index is 13.8. The SMILES string of the molecule is CN=C(NCCCOCC1CCOCC1)NCC(C)c1ccc(F)cc1F.I. The van der Waals surface area contributed by atoms with Crippen LogP contribution in [0.3, 0.4) is 0 Å². The number of rotatable bonds is 9. The number of ether oxygens (including phenoxy) is 2. The smallest absolute Gasteiger partial charge is 0.190 e. The van der Waals surface area contributed by atoms with Gasteiger partial charge in [-0.05, 0) is 36.8 Å². The van der Waals surface area contributed by atoms with Gasteiger partial charge < -0.3 is 20.1 Å². The van der Waals surface area contributed by atoms with Gasteiger partial charge in [-0.25, -0.2) is 8.78 Å². The van der Waals surface area contributed by atoms with E-state index in [1.807, 2.05) is 6.92 Å². The van der Waals surface area contributed by atoms with E-state index in [0.717, 1.165) is 51.7 Å². The monoisotopic (exact) mass is 511 g/mol. The summed E-state index contributed by atoms with van der Waals surface area (Å²) in [5.74, 6) is 0.0945. The third kappa shape index (κ3) is 9.00. The molecule has 1 atom stereocenters. The maximum atomic E-state index is 13.8. The molecule has 1 aromatic rings. The second kappa shape index (κ2) is 14.1. The summed E-state index contributed by atoms with van der Waals surface area (Å²) in [4.78, 5) is 4.17. The minimum Gasteiger partial charge on any atom is -0.381 e. The van der Waals surface area contributed by atoms with Crippen molar-refractivity contribution in [2.45, 2.75) is 32.1 Å². The van der Waals surface area contributed by atoms with Crippen LogP contribution in [0, 0.1) is 17.6 Å². The first-order chi connectivity index (χ1) is 13.1. The molecule has 2 N–H and O–H groups in total. The zero-order valence-corrected chi connectivity index (χ0v) is 19.0. The zero-order valence-electron chi connectivity index (χ0n) is 16.7. The lowest BCUT2D eigenvalue weighted by Crippen LogP contribution is -2.39. The van der Waals surface area contributed by atoms with Crippen LogP contribution in [0.15, 0.2) is 23.2 Å². The molecule has 160 valence electrons. The molecular formula is C20H32F2IN3O2. The molecule has 1 aliphatic heterocycles. The lowest BCUT2D eigenvalue weighted by atomic mass is 10.0. The third-order valence-corrected chi connectivity index (χ3v) is 4.75. The van der Waals surface area contributed by atoms with E-state index < -0.39 is 11.6 Å². The van der Waals surface area contributed by atoms with E-state index in [-0.39, 0.29) is 29.9 Å². The molecular weight excluding hydrogens is 479 g/mol. The van der Waals surface area contributed by atoms with Gasteiger partial charge in [-0.3, -0.25) is 4.99 Å². The van der Waals surface area contributed by atoms with Crippen molar-refractivity contribution in [1.29, 1.82) is 0 Å². The molecule has 0 saturated carbocycles. The van der Waals surface area contributed by atoms with Crippen LogP contribution in [0.4, 0.5) is 8.78 Å². The van der Waals surface area contributed by atoms with Crippen LogP contribution in [-0.4, -0.2) is 52.5 Å². The van der Waals surface area contributed by atoms with Gasteiger partial charge in [0.2, 0.25) is 0 Å². The quantitative estimate of drug-likeness (QED) is 0.230. The molecule has 2 rings (SSSR count). The lowest BCUT2D eigenvalue weighted by molar-refractivity contribution is 0.0203. The molecule has 0 spiro atoms. The molecule has 0 radical (unpaired) electrons. The van der Waals surface area contributed by atoms with Crippen molar-refractivity contribution in [3.05, 3.63) is 35.4 Å². The van der Waals surface area contributed by atoms with Gasteiger partial charge in [0, 0.05) is 58.5 Å². The van der Waals surface area contributed by atoms with Crippen LogP contribution in [0.2, 0.25) is 0 Å². The fraction of sp³-hybridized carbons (Fsp3) is 0.650. The number of aliphatic imine (C=N–C) groups is 1. The van der Waals surface area contributed by atoms with Gasteiger partial charge in [-0.15, -0.1) is 24.0 Å². The number of nitrogens with one attached hydrogen (secondary N) is 2. The van der Waals surface area contributed by atoms with Gasteiger partial charge in [-0.2, -0.15) is 0 Å². The van der Waals surface area contributed by atoms with E-state index in [1.165, 1.54) is 12.1 Å². The largest absolute Gasteiger partial charge is 0.381 e. The first-order valence-electron chi connectivity index (χ1n) is 9.65. The summed E-state index contributed by atoms with van der Waals surface area (Å²) in [6.45, 7) is 6.33. The number of hydrogen-bond acceptors (Lipinski definition) is 3. The second-order valence-electron chi connectivity index (χ2n) is 6.93. The molecule has 8 heteroatoms. The molecule has 0 bridgehead atoms. The lowest BCUT2D eigenvalue weighted by Gasteiger charge is -2.21. The van der Waals surface area contributed by atoms with Gasteiger partial charge in [-0.1, -0.05) is 13.0 Å². The third-order valence-electron chi connectivity index (χ3n) is 4.75. The first-order valence-corrected chi connectivity index (χ1v) is 9.65. The normalized spacial score (nSPS) is 16.4. The molecule has 0 aliphatic carbocycles. The standard InChI is InChI=1S/C20H31F2N3O2.HI/c1-15(18-5-4-17(21)12-19(18)22)13-25-20(23-2)24-8-3-9-27-14-16-6-10-26-11-7-16;/h4-5,12,15-16H,3,6-11,13-14H2,1-2H3,(H2,23,24,25);1H. The van der Waals surface area contributed by atoms with Crippen LogP contribution < -0.4 is 10.6 Å². The highest BCUT2D eigenvalue weighted by Crippen LogP contribution is 2.19. The maximum Gasteiger partial charge on any atom is 0.190 e. The Bertz CT molecular complexity index is 599. The van der Waals surface area contributed by atoms with Crippen molar-refractivity contribution in [2.75, 3.05) is 46.6 Å². The van der Waals surface area contributed by atoms with Crippen molar-refractivity contribution in [3.8, 4) is 0 Å². The van der Waals surface area contributed by atoms with E-state index in [4.69, 9.17) is 9.47 Å². The molecule has 1 fully saturated rings. The summed E-state index contributed by atoms with van der Waals surface area (Å²) in [6, 6.07) is 3.69. The van der Waals surface area contributed by atoms with Gasteiger partial charge in [0.05, 0.1) is 0 Å². The molecule has 1 unspecified atom stereocenters. The van der Waals surface area contributed by atoms with Crippen LogP contribution >= 0.6 is 24.0 Å². The molecule has 0 amide bonds. The van der Waals surface area contributed by atoms with Gasteiger partial charge in [0.25, 0.3) is 0 Å². The Kier molecular flexibility index (Phi) is 12.6. The molecule has 1 saturated heterocycles. The highest BCUT2D eigenvalue weighted by atomic mass is 127. The Balaban J connectivity index is 0.00000392. The van der Waals surface area contributed by atoms with E-state index in [0.29, 0.717) is 30.6 Å². The Morgan fingerprint density at radius 1 is 1.29 bits per heavy atom. The summed E-state index contributed by atoms with van der Waals surface area (Å²) in [5.41, 5.74) is 0.487. The summed E-state index contributed by atoms with van der Waals surface area (Å²) >= 11 is 0. The number of halogens is 3. The first kappa shape index (κ1) is 25.0. The van der Waals surface area contributed by atoms with E-state index in [9.17, 15) is 8.78 Å². The zero-order chi connectivity index (χ0) is 19.5. The van der Waals surface area contributed by atoms with Gasteiger partial charge in [0.15, 0.2) is 5.96 Å². The molecule has 28 heavy (non-hydrogen) atoms. The number of benzene rings is 1. The van der Waals surface area contributed by atoms with Crippen molar-refractivity contribution in [1.82, 2.24) is 10.6 Å². The number of hydrogen-bond donors (Lipinski definition) is 2. The fourth-order valence-electron chi connectivity index (χ4n) is 3.03. The fourth-order valence-corrected chi connectivity index (χ4v) is 3.03. The van der Waals surface area contributed by atoms with E-state index >= 15 is 0 Å². The number of nitrogens with zero attached hydrogens (tertiary/aromatic N) is 1. The summed E-state index contributed by atoms with van der Waals surface area (Å²) < 4.78 is 37.9. The molecule has 0 aromatic heterocycles. The van der Waals surface area contributed by atoms with Gasteiger partial charge >= 0.3 is 0 Å². The topological polar surface area (TPSA) is 54.9 Å². The van der Waals surface area contributed by atoms with Crippen molar-refractivity contribution < 1.29 is 18.3 Å². The summed E-state index contributed by atoms with van der Waals surface area (Å²) in [5, 5.41) is 6.40. The minimum absolute atomic E-state index is 0. The molecule has 1 heterocycles. The van der Waals surface area contributed by atoms with Crippen molar-refractivity contribution >= 4 is 29.9 Å². The Morgan fingerprint density at radius 3 is 2.71 bits per heavy atom. The van der Waals surface area contributed by atoms with Crippen LogP contribution in [-0.2, 0) is 9.47 Å².